The number of aromatic amines is 1. The van der Waals surface area contributed by atoms with Crippen LogP contribution in [0, 0.1) is 18.6 Å². The van der Waals surface area contributed by atoms with Crippen LogP contribution in [0.1, 0.15) is 24.0 Å². The Labute approximate surface area is 127 Å². The first-order chi connectivity index (χ1) is 10.1. The summed E-state index contributed by atoms with van der Waals surface area (Å²) < 4.78 is 4.42. The number of hydrogen-bond donors (Lipinski definition) is 1. The molecule has 0 saturated carbocycles. The molecule has 0 aliphatic carbocycles. The Morgan fingerprint density at radius 1 is 1.33 bits per heavy atom. The van der Waals surface area contributed by atoms with Crippen molar-refractivity contribution in [3.8, 4) is 0 Å². The van der Waals surface area contributed by atoms with Crippen molar-refractivity contribution < 1.29 is 0 Å². The monoisotopic (exact) mass is 299 g/mol. The van der Waals surface area contributed by atoms with Crippen LogP contribution in [0.3, 0.4) is 0 Å². The van der Waals surface area contributed by atoms with Crippen molar-refractivity contribution in [1.29, 1.82) is 0 Å². The molecule has 3 aromatic rings. The molecule has 0 unspecified atom stereocenters. The van der Waals surface area contributed by atoms with E-state index in [1.165, 1.54) is 16.6 Å². The van der Waals surface area contributed by atoms with Crippen molar-refractivity contribution in [2.45, 2.75) is 27.3 Å². The molecule has 2 heterocycles. The van der Waals surface area contributed by atoms with Crippen LogP contribution in [0.15, 0.2) is 29.4 Å². The van der Waals surface area contributed by atoms with Crippen LogP contribution in [0.25, 0.3) is 10.9 Å². The first-order valence-electron chi connectivity index (χ1n) is 6.89. The average Bonchev–Trinajstić information content (AvgIpc) is 2.94. The van der Waals surface area contributed by atoms with Gasteiger partial charge < -0.3 is 4.57 Å². The molecule has 0 spiro atoms. The van der Waals surface area contributed by atoms with Crippen LogP contribution in [0.5, 0.6) is 0 Å². The number of aromatic nitrogens is 4. The van der Waals surface area contributed by atoms with Gasteiger partial charge in [0.25, 0.3) is 0 Å². The Morgan fingerprint density at radius 3 is 2.76 bits per heavy atom. The summed E-state index contributed by atoms with van der Waals surface area (Å²) in [7, 11) is 0. The third-order valence-electron chi connectivity index (χ3n) is 3.71. The van der Waals surface area contributed by atoms with Gasteiger partial charge in [-0.2, -0.15) is 14.9 Å². The standard InChI is InChI=1S/C15H17N5S/c1-4-19-10(2)13(12-7-5-6-8-14(12)19)9-16-20-11(3)17-18-15(20)21/h5-9H,4H2,1-3H3,(H,18,21)/b16-9-. The van der Waals surface area contributed by atoms with Crippen LogP contribution < -0.4 is 0 Å². The summed E-state index contributed by atoms with van der Waals surface area (Å²) in [6, 6.07) is 8.37. The van der Waals surface area contributed by atoms with Crippen molar-refractivity contribution in [2.24, 2.45) is 5.10 Å². The Kier molecular flexibility index (Phi) is 3.47. The highest BCUT2D eigenvalue weighted by molar-refractivity contribution is 7.71. The van der Waals surface area contributed by atoms with Gasteiger partial charge in [0, 0.05) is 28.7 Å². The number of nitrogens with zero attached hydrogens (tertiary/aromatic N) is 4. The zero-order chi connectivity index (χ0) is 15.0. The number of para-hydroxylation sites is 1. The smallest absolute Gasteiger partial charge is 0.216 e. The van der Waals surface area contributed by atoms with Gasteiger partial charge in [-0.25, -0.2) is 0 Å². The van der Waals surface area contributed by atoms with E-state index >= 15 is 0 Å². The lowest BCUT2D eigenvalue weighted by Crippen LogP contribution is -1.98. The van der Waals surface area contributed by atoms with Crippen molar-refractivity contribution in [3.63, 3.8) is 0 Å². The Bertz CT molecular complexity index is 881. The van der Waals surface area contributed by atoms with E-state index in [1.807, 2.05) is 19.2 Å². The highest BCUT2D eigenvalue weighted by atomic mass is 32.1. The molecule has 0 aliphatic heterocycles. The molecule has 3 rings (SSSR count). The summed E-state index contributed by atoms with van der Waals surface area (Å²) in [4.78, 5) is 0. The third kappa shape index (κ3) is 2.21. The van der Waals surface area contributed by atoms with E-state index in [-0.39, 0.29) is 0 Å². The molecular weight excluding hydrogens is 282 g/mol. The summed E-state index contributed by atoms with van der Waals surface area (Å²) in [6.07, 6.45) is 1.86. The Balaban J connectivity index is 2.17. The fraction of sp³-hybridized carbons (Fsp3) is 0.267. The van der Waals surface area contributed by atoms with Crippen molar-refractivity contribution in [2.75, 3.05) is 0 Å². The normalized spacial score (nSPS) is 11.8. The van der Waals surface area contributed by atoms with Gasteiger partial charge in [-0.1, -0.05) is 18.2 Å². The number of benzene rings is 1. The van der Waals surface area contributed by atoms with Crippen LogP contribution in [-0.4, -0.2) is 25.7 Å². The molecule has 0 radical (unpaired) electrons. The van der Waals surface area contributed by atoms with Crippen LogP contribution in [0.4, 0.5) is 0 Å². The summed E-state index contributed by atoms with van der Waals surface area (Å²) in [6.45, 7) is 7.07. The van der Waals surface area contributed by atoms with Gasteiger partial charge in [0.05, 0.1) is 6.21 Å². The van der Waals surface area contributed by atoms with Crippen LogP contribution in [0.2, 0.25) is 0 Å². The number of nitrogens with one attached hydrogen (secondary N) is 1. The minimum atomic E-state index is 0.501. The largest absolute Gasteiger partial charge is 0.344 e. The molecule has 2 aromatic heterocycles. The maximum atomic E-state index is 5.17. The van der Waals surface area contributed by atoms with Crippen molar-refractivity contribution in [3.05, 3.63) is 46.1 Å². The molecule has 0 atom stereocenters. The lowest BCUT2D eigenvalue weighted by atomic mass is 10.1. The number of rotatable bonds is 3. The first kappa shape index (κ1) is 13.8. The molecule has 5 nitrogen and oxygen atoms in total. The summed E-state index contributed by atoms with van der Waals surface area (Å²) in [5.41, 5.74) is 3.55. The molecule has 6 heteroatoms. The van der Waals surface area contributed by atoms with Gasteiger partial charge in [0.1, 0.15) is 5.82 Å². The fourth-order valence-corrected chi connectivity index (χ4v) is 2.87. The Hall–Kier alpha value is -2.21. The first-order valence-corrected chi connectivity index (χ1v) is 7.30. The van der Waals surface area contributed by atoms with Gasteiger partial charge >= 0.3 is 0 Å². The molecule has 0 aliphatic rings. The summed E-state index contributed by atoms with van der Waals surface area (Å²) in [5, 5.41) is 12.5. The molecule has 0 bridgehead atoms. The third-order valence-corrected chi connectivity index (χ3v) is 3.97. The van der Waals surface area contributed by atoms with E-state index in [0.29, 0.717) is 4.77 Å². The highest BCUT2D eigenvalue weighted by Crippen LogP contribution is 2.24. The second-order valence-corrected chi connectivity index (χ2v) is 5.28. The average molecular weight is 299 g/mol. The van der Waals surface area contributed by atoms with E-state index in [1.54, 1.807) is 4.68 Å². The highest BCUT2D eigenvalue weighted by Gasteiger charge is 2.11. The maximum Gasteiger partial charge on any atom is 0.216 e. The lowest BCUT2D eigenvalue weighted by molar-refractivity contribution is 0.768. The van der Waals surface area contributed by atoms with E-state index in [0.717, 1.165) is 17.9 Å². The second-order valence-electron chi connectivity index (χ2n) is 4.89. The van der Waals surface area contributed by atoms with Crippen LogP contribution >= 0.6 is 12.2 Å². The van der Waals surface area contributed by atoms with E-state index in [2.05, 4.69) is 51.9 Å². The minimum Gasteiger partial charge on any atom is -0.344 e. The molecular formula is C15H17N5S. The topological polar surface area (TPSA) is 50.9 Å². The maximum absolute atomic E-state index is 5.17. The van der Waals surface area contributed by atoms with Gasteiger partial charge in [-0.05, 0) is 39.1 Å². The van der Waals surface area contributed by atoms with E-state index in [9.17, 15) is 0 Å². The lowest BCUT2D eigenvalue weighted by Gasteiger charge is -2.03. The number of H-pyrrole nitrogens is 1. The van der Waals surface area contributed by atoms with E-state index in [4.69, 9.17) is 12.2 Å². The quantitative estimate of drug-likeness (QED) is 0.595. The Morgan fingerprint density at radius 2 is 2.10 bits per heavy atom. The van der Waals surface area contributed by atoms with Crippen molar-refractivity contribution in [1.82, 2.24) is 19.4 Å². The number of fused-ring (bicyclic) bond motifs is 1. The van der Waals surface area contributed by atoms with Gasteiger partial charge in [-0.3, -0.25) is 5.10 Å². The SMILES string of the molecule is CCn1c(C)c(/C=N\n2c(C)n[nH]c2=S)c2ccccc21. The van der Waals surface area contributed by atoms with Crippen molar-refractivity contribution >= 4 is 29.3 Å². The predicted octanol–water partition coefficient (Wildman–Crippen LogP) is 3.41. The zero-order valence-corrected chi connectivity index (χ0v) is 13.1. The molecule has 1 aromatic carbocycles. The zero-order valence-electron chi connectivity index (χ0n) is 12.3. The van der Waals surface area contributed by atoms with E-state index < -0.39 is 0 Å². The van der Waals surface area contributed by atoms with Gasteiger partial charge in [0.2, 0.25) is 4.77 Å². The van der Waals surface area contributed by atoms with Gasteiger partial charge in [-0.15, -0.1) is 0 Å². The molecule has 108 valence electrons. The minimum absolute atomic E-state index is 0.501. The number of hydrogen-bond acceptors (Lipinski definition) is 3. The number of aryl methyl sites for hydroxylation is 2. The molecule has 0 fully saturated rings. The van der Waals surface area contributed by atoms with Gasteiger partial charge in [0.15, 0.2) is 0 Å². The fourth-order valence-electron chi connectivity index (χ4n) is 2.65. The molecule has 1 N–H and O–H groups in total. The molecule has 0 amide bonds. The summed E-state index contributed by atoms with van der Waals surface area (Å²) in [5.74, 6) is 0.744. The molecule has 0 saturated heterocycles. The predicted molar refractivity (Wildman–Crippen MR) is 87.5 cm³/mol. The summed E-state index contributed by atoms with van der Waals surface area (Å²) >= 11 is 5.17. The molecule has 21 heavy (non-hydrogen) atoms. The van der Waals surface area contributed by atoms with Crippen LogP contribution in [-0.2, 0) is 6.54 Å². The second kappa shape index (κ2) is 5.29.